The monoisotopic (exact) mass is 334 g/mol. The summed E-state index contributed by atoms with van der Waals surface area (Å²) in [5.74, 6) is -1.12. The molecule has 0 saturated heterocycles. The quantitative estimate of drug-likeness (QED) is 0.840. The van der Waals surface area contributed by atoms with Crippen LogP contribution >= 0.6 is 11.3 Å². The lowest BCUT2D eigenvalue weighted by Crippen LogP contribution is -2.40. The van der Waals surface area contributed by atoms with Crippen molar-refractivity contribution in [2.24, 2.45) is 0 Å². The third kappa shape index (κ3) is 4.53. The Balaban J connectivity index is 2.12. The molecule has 1 amide bonds. The Hall–Kier alpha value is -2.41. The molecular formula is C16H18N2O4S. The summed E-state index contributed by atoms with van der Waals surface area (Å²) in [6.07, 6.45) is -0.0370. The van der Waals surface area contributed by atoms with Crippen LogP contribution in [0.25, 0.3) is 0 Å². The van der Waals surface area contributed by atoms with E-state index in [1.165, 1.54) is 16.2 Å². The largest absolute Gasteiger partial charge is 0.479 e. The second-order valence-electron chi connectivity index (χ2n) is 4.89. The first-order chi connectivity index (χ1) is 11.1. The molecule has 0 aliphatic carbocycles. The summed E-state index contributed by atoms with van der Waals surface area (Å²) in [6, 6.07) is 8.12. The van der Waals surface area contributed by atoms with E-state index in [1.54, 1.807) is 10.9 Å². The maximum atomic E-state index is 12.4. The van der Waals surface area contributed by atoms with Crippen molar-refractivity contribution in [3.05, 3.63) is 52.5 Å². The number of hydrogen-bond donors (Lipinski definition) is 1. The van der Waals surface area contributed by atoms with E-state index in [0.717, 1.165) is 5.56 Å². The van der Waals surface area contributed by atoms with Gasteiger partial charge in [-0.3, -0.25) is 4.90 Å². The van der Waals surface area contributed by atoms with Crippen LogP contribution < -0.4 is 0 Å². The number of aliphatic carboxylic acids is 1. The van der Waals surface area contributed by atoms with Gasteiger partial charge in [-0.05, 0) is 12.0 Å². The van der Waals surface area contributed by atoms with Crippen molar-refractivity contribution in [3.63, 3.8) is 0 Å². The van der Waals surface area contributed by atoms with Gasteiger partial charge in [0.15, 0.2) is 6.04 Å². The van der Waals surface area contributed by atoms with E-state index in [-0.39, 0.29) is 13.2 Å². The van der Waals surface area contributed by atoms with Gasteiger partial charge in [-0.25, -0.2) is 14.6 Å². The predicted octanol–water partition coefficient (Wildman–Crippen LogP) is 3.32. The van der Waals surface area contributed by atoms with Gasteiger partial charge in [0, 0.05) is 11.9 Å². The lowest BCUT2D eigenvalue weighted by atomic mass is 10.2. The SMILES string of the molecule is CCCN(C(=O)OCc1ccccc1)C(C(=O)O)c1cscn1. The molecule has 1 aromatic carbocycles. The first kappa shape index (κ1) is 17.0. The number of hydrogen-bond acceptors (Lipinski definition) is 5. The number of ether oxygens (including phenoxy) is 1. The summed E-state index contributed by atoms with van der Waals surface area (Å²) in [7, 11) is 0. The molecule has 7 heteroatoms. The molecule has 0 aliphatic rings. The van der Waals surface area contributed by atoms with Crippen molar-refractivity contribution in [1.82, 2.24) is 9.88 Å². The summed E-state index contributed by atoms with van der Waals surface area (Å²) in [5, 5.41) is 11.1. The summed E-state index contributed by atoms with van der Waals surface area (Å²) in [5.41, 5.74) is 2.73. The fourth-order valence-electron chi connectivity index (χ4n) is 2.15. The number of amides is 1. The highest BCUT2D eigenvalue weighted by Crippen LogP contribution is 2.22. The molecule has 0 saturated carbocycles. The first-order valence-corrected chi connectivity index (χ1v) is 8.16. The van der Waals surface area contributed by atoms with Crippen molar-refractivity contribution < 1.29 is 19.4 Å². The molecule has 0 spiro atoms. The van der Waals surface area contributed by atoms with Gasteiger partial charge in [-0.15, -0.1) is 11.3 Å². The van der Waals surface area contributed by atoms with Crippen molar-refractivity contribution in [2.75, 3.05) is 6.54 Å². The molecule has 6 nitrogen and oxygen atoms in total. The van der Waals surface area contributed by atoms with Crippen molar-refractivity contribution >= 4 is 23.4 Å². The van der Waals surface area contributed by atoms with E-state index in [9.17, 15) is 14.7 Å². The zero-order valence-electron chi connectivity index (χ0n) is 12.7. The van der Waals surface area contributed by atoms with Crippen LogP contribution in [0.3, 0.4) is 0 Å². The standard InChI is InChI=1S/C16H18N2O4S/c1-2-8-18(14(15(19)20)13-10-23-11-17-13)16(21)22-9-12-6-4-3-5-7-12/h3-7,10-11,14H,2,8-9H2,1H3,(H,19,20). The van der Waals surface area contributed by atoms with E-state index in [1.807, 2.05) is 37.3 Å². The van der Waals surface area contributed by atoms with Gasteiger partial charge in [0.2, 0.25) is 0 Å². The van der Waals surface area contributed by atoms with Crippen molar-refractivity contribution in [1.29, 1.82) is 0 Å². The fourth-order valence-corrected chi connectivity index (χ4v) is 2.72. The Labute approximate surface area is 138 Å². The lowest BCUT2D eigenvalue weighted by molar-refractivity contribution is -0.143. The third-order valence-electron chi connectivity index (χ3n) is 3.18. The van der Waals surface area contributed by atoms with Crippen LogP contribution in [0.1, 0.15) is 30.6 Å². The maximum Gasteiger partial charge on any atom is 0.411 e. The minimum absolute atomic E-state index is 0.100. The van der Waals surface area contributed by atoms with E-state index in [0.29, 0.717) is 12.1 Å². The maximum absolute atomic E-state index is 12.4. The van der Waals surface area contributed by atoms with Crippen LogP contribution in [-0.4, -0.2) is 33.6 Å². The summed E-state index contributed by atoms with van der Waals surface area (Å²) < 4.78 is 5.27. The van der Waals surface area contributed by atoms with E-state index >= 15 is 0 Å². The lowest BCUT2D eigenvalue weighted by Gasteiger charge is -2.26. The molecule has 1 N–H and O–H groups in total. The molecule has 0 fully saturated rings. The number of carboxylic acid groups (broad SMARTS) is 1. The van der Waals surface area contributed by atoms with Gasteiger partial charge in [-0.1, -0.05) is 37.3 Å². The number of thiazole rings is 1. The number of benzene rings is 1. The van der Waals surface area contributed by atoms with Crippen LogP contribution in [-0.2, 0) is 16.1 Å². The van der Waals surface area contributed by atoms with Crippen LogP contribution in [0.15, 0.2) is 41.2 Å². The number of carbonyl (C=O) groups excluding carboxylic acids is 1. The smallest absolute Gasteiger partial charge is 0.411 e. The van der Waals surface area contributed by atoms with Crippen LogP contribution in [0.4, 0.5) is 4.79 Å². The van der Waals surface area contributed by atoms with Gasteiger partial charge < -0.3 is 9.84 Å². The molecule has 0 aliphatic heterocycles. The van der Waals surface area contributed by atoms with Gasteiger partial charge in [0.25, 0.3) is 0 Å². The fraction of sp³-hybridized carbons (Fsp3) is 0.312. The number of aromatic nitrogens is 1. The topological polar surface area (TPSA) is 79.7 Å². The van der Waals surface area contributed by atoms with Crippen LogP contribution in [0, 0.1) is 0 Å². The number of rotatable bonds is 7. The summed E-state index contributed by atoms with van der Waals surface area (Å²) in [4.78, 5) is 29.2. The Morgan fingerprint density at radius 1 is 1.35 bits per heavy atom. The van der Waals surface area contributed by atoms with Gasteiger partial charge in [0.05, 0.1) is 11.2 Å². The highest BCUT2D eigenvalue weighted by Gasteiger charge is 2.33. The van der Waals surface area contributed by atoms with E-state index in [2.05, 4.69) is 4.98 Å². The second kappa shape index (κ2) is 8.28. The second-order valence-corrected chi connectivity index (χ2v) is 5.61. The minimum atomic E-state index is -1.13. The molecular weight excluding hydrogens is 316 g/mol. The number of carboxylic acids is 1. The van der Waals surface area contributed by atoms with Gasteiger partial charge >= 0.3 is 12.1 Å². The van der Waals surface area contributed by atoms with E-state index < -0.39 is 18.1 Å². The van der Waals surface area contributed by atoms with Crippen molar-refractivity contribution in [3.8, 4) is 0 Å². The first-order valence-electron chi connectivity index (χ1n) is 7.21. The van der Waals surface area contributed by atoms with Crippen molar-refractivity contribution in [2.45, 2.75) is 26.0 Å². The Kier molecular flexibility index (Phi) is 6.10. The van der Waals surface area contributed by atoms with E-state index in [4.69, 9.17) is 4.74 Å². The molecule has 1 unspecified atom stereocenters. The molecule has 0 radical (unpaired) electrons. The summed E-state index contributed by atoms with van der Waals surface area (Å²) in [6.45, 7) is 2.25. The predicted molar refractivity (Wildman–Crippen MR) is 86.1 cm³/mol. The number of nitrogens with zero attached hydrogens (tertiary/aromatic N) is 2. The van der Waals surface area contributed by atoms with Gasteiger partial charge in [-0.2, -0.15) is 0 Å². The molecule has 1 heterocycles. The highest BCUT2D eigenvalue weighted by molar-refractivity contribution is 7.07. The zero-order chi connectivity index (χ0) is 16.7. The molecule has 122 valence electrons. The molecule has 0 bridgehead atoms. The molecule has 2 rings (SSSR count). The minimum Gasteiger partial charge on any atom is -0.479 e. The molecule has 1 aromatic heterocycles. The third-order valence-corrected chi connectivity index (χ3v) is 3.79. The van der Waals surface area contributed by atoms with Crippen LogP contribution in [0.2, 0.25) is 0 Å². The summed E-state index contributed by atoms with van der Waals surface area (Å²) >= 11 is 1.29. The Morgan fingerprint density at radius 3 is 2.65 bits per heavy atom. The molecule has 23 heavy (non-hydrogen) atoms. The normalized spacial score (nSPS) is 11.7. The van der Waals surface area contributed by atoms with Gasteiger partial charge in [0.1, 0.15) is 6.61 Å². The Bertz CT molecular complexity index is 631. The molecule has 2 aromatic rings. The zero-order valence-corrected chi connectivity index (χ0v) is 13.5. The van der Waals surface area contributed by atoms with Crippen LogP contribution in [0.5, 0.6) is 0 Å². The molecule has 1 atom stereocenters. The average Bonchev–Trinajstić information content (AvgIpc) is 3.07. The number of carbonyl (C=O) groups is 2. The Morgan fingerprint density at radius 2 is 2.09 bits per heavy atom. The highest BCUT2D eigenvalue weighted by atomic mass is 32.1. The average molecular weight is 334 g/mol.